The first-order chi connectivity index (χ1) is 8.44. The van der Waals surface area contributed by atoms with Crippen LogP contribution in [0.1, 0.15) is 19.8 Å². The summed E-state index contributed by atoms with van der Waals surface area (Å²) in [6, 6.07) is 7.04. The van der Waals surface area contributed by atoms with Gasteiger partial charge in [-0.05, 0) is 37.0 Å². The number of hydrogen-bond acceptors (Lipinski definition) is 2. The van der Waals surface area contributed by atoms with Gasteiger partial charge in [0.1, 0.15) is 0 Å². The first-order valence-corrected chi connectivity index (χ1v) is 6.59. The van der Waals surface area contributed by atoms with Crippen molar-refractivity contribution in [1.29, 1.82) is 0 Å². The van der Waals surface area contributed by atoms with Crippen molar-refractivity contribution in [3.63, 3.8) is 0 Å². The molecule has 0 aliphatic heterocycles. The maximum atomic E-state index is 12.3. The summed E-state index contributed by atoms with van der Waals surface area (Å²) in [6.45, 7) is 2.09. The first-order valence-electron chi connectivity index (χ1n) is 5.81. The van der Waals surface area contributed by atoms with Gasteiger partial charge in [-0.1, -0.05) is 36.8 Å². The van der Waals surface area contributed by atoms with E-state index in [1.807, 2.05) is 0 Å². The van der Waals surface area contributed by atoms with E-state index < -0.39 is 5.41 Å². The van der Waals surface area contributed by atoms with Crippen LogP contribution in [0.2, 0.25) is 5.02 Å². The summed E-state index contributed by atoms with van der Waals surface area (Å²) in [5.41, 5.74) is 5.71. The zero-order valence-corrected chi connectivity index (χ0v) is 11.6. The van der Waals surface area contributed by atoms with Gasteiger partial charge in [-0.25, -0.2) is 0 Å². The second-order valence-electron chi connectivity index (χ2n) is 4.92. The first kappa shape index (κ1) is 13.3. The molecule has 1 aliphatic carbocycles. The number of benzene rings is 1. The monoisotopic (exact) mass is 282 g/mol. The summed E-state index contributed by atoms with van der Waals surface area (Å²) < 4.78 is 0. The predicted molar refractivity (Wildman–Crippen MR) is 77.7 cm³/mol. The van der Waals surface area contributed by atoms with Gasteiger partial charge in [0.25, 0.3) is 0 Å². The van der Waals surface area contributed by atoms with Crippen LogP contribution in [0.25, 0.3) is 0 Å². The van der Waals surface area contributed by atoms with E-state index in [0.29, 0.717) is 29.5 Å². The second-order valence-corrected chi connectivity index (χ2v) is 5.80. The fraction of sp³-hybridized carbons (Fsp3) is 0.385. The van der Waals surface area contributed by atoms with Crippen LogP contribution in [0.3, 0.4) is 0 Å². The number of anilines is 1. The Balaban J connectivity index is 2.14. The standard InChI is InChI=1S/C13H15ClN2OS/c1-8-6-13(7-8,11(15)18)12(17)16-10-4-2-3-9(14)5-10/h2-5,8H,6-7H2,1H3,(H2,15,18)(H,16,17). The largest absolute Gasteiger partial charge is 0.392 e. The molecule has 1 aliphatic rings. The summed E-state index contributed by atoms with van der Waals surface area (Å²) in [7, 11) is 0. The zero-order chi connectivity index (χ0) is 13.3. The molecule has 1 saturated carbocycles. The highest BCUT2D eigenvalue weighted by molar-refractivity contribution is 7.80. The molecular formula is C13H15ClN2OS. The average Bonchev–Trinajstić information content (AvgIpc) is 2.23. The van der Waals surface area contributed by atoms with E-state index in [2.05, 4.69) is 12.2 Å². The second kappa shape index (κ2) is 4.86. The highest BCUT2D eigenvalue weighted by Crippen LogP contribution is 2.46. The molecule has 0 atom stereocenters. The van der Waals surface area contributed by atoms with Crippen molar-refractivity contribution in [2.24, 2.45) is 17.1 Å². The van der Waals surface area contributed by atoms with Gasteiger partial charge >= 0.3 is 0 Å². The predicted octanol–water partition coefficient (Wildman–Crippen LogP) is 2.98. The van der Waals surface area contributed by atoms with Crippen molar-refractivity contribution in [2.45, 2.75) is 19.8 Å². The van der Waals surface area contributed by atoms with Gasteiger partial charge in [0.15, 0.2) is 0 Å². The third-order valence-corrected chi connectivity index (χ3v) is 4.01. The van der Waals surface area contributed by atoms with Crippen molar-refractivity contribution < 1.29 is 4.79 Å². The molecule has 0 unspecified atom stereocenters. The summed E-state index contributed by atoms with van der Waals surface area (Å²) in [5, 5.41) is 3.42. The molecule has 3 nitrogen and oxygen atoms in total. The average molecular weight is 283 g/mol. The van der Waals surface area contributed by atoms with Crippen LogP contribution in [0, 0.1) is 11.3 Å². The minimum Gasteiger partial charge on any atom is -0.392 e. The van der Waals surface area contributed by atoms with Crippen LogP contribution in [0.15, 0.2) is 24.3 Å². The van der Waals surface area contributed by atoms with Gasteiger partial charge in [0.05, 0.1) is 10.4 Å². The van der Waals surface area contributed by atoms with Gasteiger partial charge in [0.2, 0.25) is 5.91 Å². The molecule has 5 heteroatoms. The molecule has 1 amide bonds. The van der Waals surface area contributed by atoms with Crippen molar-refractivity contribution in [3.8, 4) is 0 Å². The van der Waals surface area contributed by atoms with Gasteiger partial charge in [0, 0.05) is 10.7 Å². The molecule has 3 N–H and O–H groups in total. The van der Waals surface area contributed by atoms with Crippen LogP contribution in [-0.2, 0) is 4.79 Å². The van der Waals surface area contributed by atoms with Crippen molar-refractivity contribution in [1.82, 2.24) is 0 Å². The number of carbonyl (C=O) groups excluding carboxylic acids is 1. The Labute approximate surface area is 117 Å². The molecule has 96 valence electrons. The van der Waals surface area contributed by atoms with Gasteiger partial charge < -0.3 is 11.1 Å². The lowest BCUT2D eigenvalue weighted by Gasteiger charge is -2.44. The number of hydrogen-bond donors (Lipinski definition) is 2. The van der Waals surface area contributed by atoms with E-state index >= 15 is 0 Å². The third kappa shape index (κ3) is 2.35. The molecule has 0 saturated heterocycles. The van der Waals surface area contributed by atoms with Crippen LogP contribution in [0.4, 0.5) is 5.69 Å². The Morgan fingerprint density at radius 3 is 2.72 bits per heavy atom. The van der Waals surface area contributed by atoms with E-state index in [1.165, 1.54) is 0 Å². The van der Waals surface area contributed by atoms with Crippen molar-refractivity contribution in [3.05, 3.63) is 29.3 Å². The summed E-state index contributed by atoms with van der Waals surface area (Å²) in [5.74, 6) is 0.354. The number of carbonyl (C=O) groups is 1. The van der Waals surface area contributed by atoms with Crippen LogP contribution >= 0.6 is 23.8 Å². The SMILES string of the molecule is CC1CC(C(=O)Nc2cccc(Cl)c2)(C(N)=S)C1. The van der Waals surface area contributed by atoms with Gasteiger partial charge in [-0.3, -0.25) is 4.79 Å². The minimum atomic E-state index is -0.683. The molecule has 2 rings (SSSR count). The normalized spacial score (nSPS) is 26.2. The smallest absolute Gasteiger partial charge is 0.237 e. The molecule has 0 heterocycles. The van der Waals surface area contributed by atoms with E-state index in [4.69, 9.17) is 29.6 Å². The van der Waals surface area contributed by atoms with E-state index in [0.717, 1.165) is 0 Å². The number of thiocarbonyl (C=S) groups is 1. The number of amides is 1. The molecule has 0 bridgehead atoms. The zero-order valence-electron chi connectivity index (χ0n) is 10.1. The fourth-order valence-corrected chi connectivity index (χ4v) is 2.90. The highest BCUT2D eigenvalue weighted by Gasteiger charge is 2.50. The summed E-state index contributed by atoms with van der Waals surface area (Å²) >= 11 is 10.9. The van der Waals surface area contributed by atoms with Crippen LogP contribution < -0.4 is 11.1 Å². The molecule has 1 aromatic carbocycles. The lowest BCUT2D eigenvalue weighted by molar-refractivity contribution is -0.127. The maximum absolute atomic E-state index is 12.3. The molecular weight excluding hydrogens is 268 g/mol. The third-order valence-electron chi connectivity index (χ3n) is 3.38. The van der Waals surface area contributed by atoms with E-state index in [-0.39, 0.29) is 10.9 Å². The van der Waals surface area contributed by atoms with E-state index in [1.54, 1.807) is 24.3 Å². The number of rotatable bonds is 3. The maximum Gasteiger partial charge on any atom is 0.237 e. The molecule has 18 heavy (non-hydrogen) atoms. The fourth-order valence-electron chi connectivity index (χ4n) is 2.45. The van der Waals surface area contributed by atoms with Crippen molar-refractivity contribution in [2.75, 3.05) is 5.32 Å². The Morgan fingerprint density at radius 1 is 1.56 bits per heavy atom. The summed E-state index contributed by atoms with van der Waals surface area (Å²) in [4.78, 5) is 12.6. The van der Waals surface area contributed by atoms with Gasteiger partial charge in [-0.2, -0.15) is 0 Å². The van der Waals surface area contributed by atoms with E-state index in [9.17, 15) is 4.79 Å². The number of halogens is 1. The Hall–Kier alpha value is -1.13. The highest BCUT2D eigenvalue weighted by atomic mass is 35.5. The van der Waals surface area contributed by atoms with Crippen molar-refractivity contribution >= 4 is 40.4 Å². The Kier molecular flexibility index (Phi) is 3.59. The van der Waals surface area contributed by atoms with Crippen LogP contribution in [-0.4, -0.2) is 10.9 Å². The lowest BCUT2D eigenvalue weighted by Crippen LogP contribution is -2.53. The molecule has 0 spiro atoms. The van der Waals surface area contributed by atoms with Crippen LogP contribution in [0.5, 0.6) is 0 Å². The topological polar surface area (TPSA) is 55.1 Å². The summed E-state index contributed by atoms with van der Waals surface area (Å²) in [6.07, 6.45) is 1.43. The molecule has 1 aromatic rings. The minimum absolute atomic E-state index is 0.129. The molecule has 0 radical (unpaired) electrons. The Morgan fingerprint density at radius 2 is 2.22 bits per heavy atom. The quantitative estimate of drug-likeness (QED) is 0.838. The lowest BCUT2D eigenvalue weighted by atomic mass is 9.62. The van der Waals surface area contributed by atoms with Gasteiger partial charge in [-0.15, -0.1) is 0 Å². The molecule has 0 aromatic heterocycles. The number of nitrogens with two attached hydrogens (primary N) is 1. The Bertz CT molecular complexity index is 498. The number of nitrogens with one attached hydrogen (secondary N) is 1. The molecule has 1 fully saturated rings.